The Morgan fingerprint density at radius 1 is 1.09 bits per heavy atom. The zero-order chi connectivity index (χ0) is 23.2. The van der Waals surface area contributed by atoms with Gasteiger partial charge in [0.15, 0.2) is 5.60 Å². The second-order valence-corrected chi connectivity index (χ2v) is 9.00. The summed E-state index contributed by atoms with van der Waals surface area (Å²) < 4.78 is 9.05. The Balaban J connectivity index is 1.81. The number of hydrogen-bond acceptors (Lipinski definition) is 5. The van der Waals surface area contributed by atoms with Crippen molar-refractivity contribution in [3.8, 4) is 11.1 Å². The van der Waals surface area contributed by atoms with Gasteiger partial charge in [-0.15, -0.1) is 0 Å². The molecule has 7 nitrogen and oxygen atoms in total. The van der Waals surface area contributed by atoms with Gasteiger partial charge in [0.1, 0.15) is 11.3 Å². The molecule has 33 heavy (non-hydrogen) atoms. The Bertz CT molecular complexity index is 1480. The minimum atomic E-state index is -1.66. The van der Waals surface area contributed by atoms with Crippen molar-refractivity contribution in [2.45, 2.75) is 5.60 Å². The number of benzene rings is 3. The molecule has 1 N–H and O–H groups in total. The topological polar surface area (TPSA) is 94.3 Å². The molecule has 0 bridgehead atoms. The van der Waals surface area contributed by atoms with E-state index in [9.17, 15) is 15.2 Å². The van der Waals surface area contributed by atoms with E-state index in [0.29, 0.717) is 27.8 Å². The Morgan fingerprint density at radius 2 is 1.82 bits per heavy atom. The molecule has 0 amide bonds. The lowest BCUT2D eigenvalue weighted by atomic mass is 9.88. The number of furan rings is 1. The summed E-state index contributed by atoms with van der Waals surface area (Å²) in [5.41, 5.74) is 1.24. The van der Waals surface area contributed by atoms with Crippen molar-refractivity contribution in [2.75, 3.05) is 0 Å². The molecule has 0 spiro atoms. The minimum Gasteiger partial charge on any atom is -0.456 e. The number of non-ortho nitro benzene ring substituents is 1. The summed E-state index contributed by atoms with van der Waals surface area (Å²) in [6, 6.07) is 21.4. The van der Waals surface area contributed by atoms with Crippen LogP contribution in [0.4, 0.5) is 5.69 Å². The quantitative estimate of drug-likeness (QED) is 0.174. The lowest BCUT2D eigenvalue weighted by Crippen LogP contribution is -2.30. The number of nitrogens with zero attached hydrogens (tertiary/aromatic N) is 3. The number of aromatic nitrogens is 2. The average Bonchev–Trinajstić information content (AvgIpc) is 3.45. The zero-order valence-electron chi connectivity index (χ0n) is 17.5. The number of aliphatic hydroxyl groups is 1. The highest BCUT2D eigenvalue weighted by atomic mass is 127. The fourth-order valence-electron chi connectivity index (χ4n) is 4.07. The van der Waals surface area contributed by atoms with Crippen molar-refractivity contribution in [3.63, 3.8) is 0 Å². The predicted octanol–water partition coefficient (Wildman–Crippen LogP) is 5.63. The maximum atomic E-state index is 12.1. The predicted molar refractivity (Wildman–Crippen MR) is 133 cm³/mol. The van der Waals surface area contributed by atoms with E-state index in [-0.39, 0.29) is 11.4 Å². The first-order chi connectivity index (χ1) is 15.9. The molecule has 8 heteroatoms. The second-order valence-electron chi connectivity index (χ2n) is 7.75. The van der Waals surface area contributed by atoms with Crippen LogP contribution in [0, 0.1) is 13.7 Å². The van der Waals surface area contributed by atoms with Crippen molar-refractivity contribution in [1.29, 1.82) is 0 Å². The van der Waals surface area contributed by atoms with Gasteiger partial charge >= 0.3 is 0 Å². The smallest absolute Gasteiger partial charge is 0.270 e. The monoisotopic (exact) mass is 551 g/mol. The molecule has 0 radical (unpaired) electrons. The molecule has 164 valence electrons. The minimum absolute atomic E-state index is 0.0490. The van der Waals surface area contributed by atoms with Gasteiger partial charge in [-0.05, 0) is 51.9 Å². The maximum absolute atomic E-state index is 12.1. The number of fused-ring (bicyclic) bond motifs is 1. The first-order valence-electron chi connectivity index (χ1n) is 10.1. The summed E-state index contributed by atoms with van der Waals surface area (Å²) in [6.45, 7) is 0. The molecule has 0 aliphatic rings. The Kier molecular flexibility index (Phi) is 5.26. The number of aryl methyl sites for hydroxylation is 1. The molecular formula is C25H18IN3O4. The Hall–Kier alpha value is -3.50. The van der Waals surface area contributed by atoms with E-state index in [1.165, 1.54) is 12.1 Å². The molecule has 5 rings (SSSR count). The lowest BCUT2D eigenvalue weighted by molar-refractivity contribution is -0.384. The number of imidazole rings is 1. The van der Waals surface area contributed by atoms with Crippen LogP contribution in [0.25, 0.3) is 22.1 Å². The Morgan fingerprint density at radius 3 is 2.45 bits per heavy atom. The van der Waals surface area contributed by atoms with E-state index in [0.717, 1.165) is 9.13 Å². The molecule has 1 unspecified atom stereocenters. The van der Waals surface area contributed by atoms with Crippen LogP contribution in [0.1, 0.15) is 17.0 Å². The molecule has 0 fully saturated rings. The van der Waals surface area contributed by atoms with Crippen LogP contribution < -0.4 is 0 Å². The molecule has 0 aliphatic carbocycles. The van der Waals surface area contributed by atoms with Crippen molar-refractivity contribution < 1.29 is 14.4 Å². The highest BCUT2D eigenvalue weighted by Crippen LogP contribution is 2.42. The third-order valence-corrected chi connectivity index (χ3v) is 6.42. The summed E-state index contributed by atoms with van der Waals surface area (Å²) in [6.07, 6.45) is 3.20. The van der Waals surface area contributed by atoms with E-state index in [2.05, 4.69) is 27.6 Å². The molecule has 2 aromatic heterocycles. The first-order valence-corrected chi connectivity index (χ1v) is 11.2. The Labute approximate surface area is 202 Å². The van der Waals surface area contributed by atoms with Crippen LogP contribution in [0.5, 0.6) is 0 Å². The van der Waals surface area contributed by atoms with Crippen molar-refractivity contribution in [2.24, 2.45) is 7.05 Å². The standard InChI is InChI=1S/C25H18IN3O4/c1-28-15-27-14-22(28)25(30,18-7-9-19(26)10-8-18)23-12-17-11-20(29(31)32)13-21(24(17)33-23)16-5-3-2-4-6-16/h2-15,30H,1H3. The third-order valence-electron chi connectivity index (χ3n) is 5.70. The number of halogens is 1. The van der Waals surface area contributed by atoms with Crippen LogP contribution >= 0.6 is 22.6 Å². The molecule has 2 heterocycles. The average molecular weight is 551 g/mol. The van der Waals surface area contributed by atoms with Crippen LogP contribution in [-0.4, -0.2) is 19.6 Å². The van der Waals surface area contributed by atoms with Gasteiger partial charge in [0.2, 0.25) is 0 Å². The van der Waals surface area contributed by atoms with E-state index in [1.807, 2.05) is 54.6 Å². The molecule has 1 atom stereocenters. The largest absolute Gasteiger partial charge is 0.456 e. The van der Waals surface area contributed by atoms with Crippen LogP contribution in [0.3, 0.4) is 0 Å². The first kappa shape index (κ1) is 21.4. The fraction of sp³-hybridized carbons (Fsp3) is 0.0800. The van der Waals surface area contributed by atoms with Gasteiger partial charge in [0.05, 0.1) is 23.1 Å². The van der Waals surface area contributed by atoms with Crippen molar-refractivity contribution in [3.05, 3.63) is 116 Å². The fourth-order valence-corrected chi connectivity index (χ4v) is 4.43. The van der Waals surface area contributed by atoms with Crippen LogP contribution in [-0.2, 0) is 12.6 Å². The summed E-state index contributed by atoms with van der Waals surface area (Å²) in [5, 5.41) is 24.3. The van der Waals surface area contributed by atoms with E-state index < -0.39 is 10.5 Å². The maximum Gasteiger partial charge on any atom is 0.270 e. The molecule has 3 aromatic carbocycles. The number of nitro groups is 1. The summed E-state index contributed by atoms with van der Waals surface area (Å²) in [5.74, 6) is 0.250. The molecule has 0 saturated heterocycles. The van der Waals surface area contributed by atoms with Gasteiger partial charge in [0.25, 0.3) is 5.69 Å². The highest BCUT2D eigenvalue weighted by Gasteiger charge is 2.40. The van der Waals surface area contributed by atoms with E-state index in [4.69, 9.17) is 4.42 Å². The molecule has 0 aliphatic heterocycles. The van der Waals surface area contributed by atoms with Crippen molar-refractivity contribution in [1.82, 2.24) is 9.55 Å². The van der Waals surface area contributed by atoms with Gasteiger partial charge in [-0.25, -0.2) is 4.98 Å². The van der Waals surface area contributed by atoms with E-state index in [1.54, 1.807) is 30.2 Å². The number of hydrogen-bond donors (Lipinski definition) is 1. The van der Waals surface area contributed by atoms with Gasteiger partial charge < -0.3 is 14.1 Å². The SMILES string of the molecule is Cn1cncc1C(O)(c1ccc(I)cc1)c1cc2cc([N+](=O)[O-])cc(-c3ccccc3)c2o1. The molecule has 0 saturated carbocycles. The second kappa shape index (κ2) is 8.13. The van der Waals surface area contributed by atoms with Gasteiger partial charge in [-0.3, -0.25) is 10.1 Å². The van der Waals surface area contributed by atoms with Crippen LogP contribution in [0.15, 0.2) is 89.7 Å². The lowest BCUT2D eigenvalue weighted by Gasteiger charge is -2.27. The normalized spacial score (nSPS) is 13.2. The zero-order valence-corrected chi connectivity index (χ0v) is 19.6. The van der Waals surface area contributed by atoms with Crippen LogP contribution in [0.2, 0.25) is 0 Å². The summed E-state index contributed by atoms with van der Waals surface area (Å²) >= 11 is 2.20. The van der Waals surface area contributed by atoms with Gasteiger partial charge in [-0.2, -0.15) is 0 Å². The van der Waals surface area contributed by atoms with E-state index >= 15 is 0 Å². The summed E-state index contributed by atoms with van der Waals surface area (Å²) in [4.78, 5) is 15.4. The third kappa shape index (κ3) is 3.61. The number of nitro benzene ring substituents is 1. The molecule has 5 aromatic rings. The molecular weight excluding hydrogens is 533 g/mol. The van der Waals surface area contributed by atoms with Gasteiger partial charge in [-0.1, -0.05) is 42.5 Å². The number of rotatable bonds is 5. The van der Waals surface area contributed by atoms with Gasteiger partial charge in [0, 0.05) is 33.7 Å². The summed E-state index contributed by atoms with van der Waals surface area (Å²) in [7, 11) is 1.79. The highest BCUT2D eigenvalue weighted by molar-refractivity contribution is 14.1. The van der Waals surface area contributed by atoms with Crippen molar-refractivity contribution >= 4 is 39.2 Å².